The number of alkyl halides is 3. The van der Waals surface area contributed by atoms with Gasteiger partial charge in [-0.1, -0.05) is 0 Å². The lowest BCUT2D eigenvalue weighted by molar-refractivity contribution is -0.137. The van der Waals surface area contributed by atoms with Gasteiger partial charge in [0, 0.05) is 32.3 Å². The van der Waals surface area contributed by atoms with Crippen molar-refractivity contribution in [2.75, 3.05) is 37.4 Å². The smallest absolute Gasteiger partial charge is 0.421 e. The number of nitrogens with one attached hydrogen (secondary N) is 2. The van der Waals surface area contributed by atoms with E-state index in [9.17, 15) is 22.8 Å². The predicted molar refractivity (Wildman–Crippen MR) is 114 cm³/mol. The highest BCUT2D eigenvalue weighted by Crippen LogP contribution is 2.35. The standard InChI is InChI=1S/C21H24F3N5O4/c1-33-16-11-13(19(31)32)6-7-15(16)27-20-26-12-14(21(22,23)24)18(28-20)25-8-4-10-29-9-3-2-5-17(29)30/h6-7,11-12H,2-5,8-10H2,1H3,(H,31,32)(H2,25,26,27,28). The van der Waals surface area contributed by atoms with Gasteiger partial charge >= 0.3 is 12.1 Å². The number of anilines is 3. The van der Waals surface area contributed by atoms with Crippen molar-refractivity contribution in [3.05, 3.63) is 35.5 Å². The van der Waals surface area contributed by atoms with Crippen LogP contribution in [0, 0.1) is 0 Å². The van der Waals surface area contributed by atoms with Crippen molar-refractivity contribution in [2.24, 2.45) is 0 Å². The number of aromatic carboxylic acids is 1. The number of rotatable bonds is 9. The van der Waals surface area contributed by atoms with E-state index >= 15 is 0 Å². The van der Waals surface area contributed by atoms with Crippen molar-refractivity contribution >= 4 is 29.3 Å². The number of piperidine rings is 1. The molecule has 0 atom stereocenters. The van der Waals surface area contributed by atoms with Crippen molar-refractivity contribution < 1.29 is 32.6 Å². The molecule has 9 nitrogen and oxygen atoms in total. The second-order valence-corrected chi connectivity index (χ2v) is 7.42. The Labute approximate surface area is 188 Å². The van der Waals surface area contributed by atoms with E-state index < -0.39 is 23.5 Å². The predicted octanol–water partition coefficient (Wildman–Crippen LogP) is 3.76. The van der Waals surface area contributed by atoms with Crippen LogP contribution < -0.4 is 15.4 Å². The highest BCUT2D eigenvalue weighted by molar-refractivity contribution is 5.89. The van der Waals surface area contributed by atoms with Gasteiger partial charge in [-0.3, -0.25) is 4.79 Å². The minimum Gasteiger partial charge on any atom is -0.495 e. The third-order valence-corrected chi connectivity index (χ3v) is 5.11. The molecule has 0 bridgehead atoms. The fraction of sp³-hybridized carbons (Fsp3) is 0.429. The van der Waals surface area contributed by atoms with Gasteiger partial charge in [-0.05, 0) is 37.5 Å². The SMILES string of the molecule is COc1cc(C(=O)O)ccc1Nc1ncc(C(F)(F)F)c(NCCCN2CCCCC2=O)n1. The van der Waals surface area contributed by atoms with E-state index in [0.29, 0.717) is 32.1 Å². The highest BCUT2D eigenvalue weighted by atomic mass is 19.4. The summed E-state index contributed by atoms with van der Waals surface area (Å²) < 4.78 is 45.4. The largest absolute Gasteiger partial charge is 0.495 e. The Bertz CT molecular complexity index is 1020. The van der Waals surface area contributed by atoms with Crippen LogP contribution in [0.1, 0.15) is 41.6 Å². The Morgan fingerprint density at radius 1 is 1.30 bits per heavy atom. The molecule has 0 saturated carbocycles. The minimum atomic E-state index is -4.66. The zero-order chi connectivity index (χ0) is 24.0. The molecule has 3 rings (SSSR count). The molecule has 0 radical (unpaired) electrons. The van der Waals surface area contributed by atoms with Crippen LogP contribution >= 0.6 is 0 Å². The van der Waals surface area contributed by atoms with Gasteiger partial charge in [0.25, 0.3) is 0 Å². The van der Waals surface area contributed by atoms with Crippen molar-refractivity contribution in [3.63, 3.8) is 0 Å². The second kappa shape index (κ2) is 10.4. The van der Waals surface area contributed by atoms with Gasteiger partial charge in [-0.15, -0.1) is 0 Å². The van der Waals surface area contributed by atoms with Crippen molar-refractivity contribution in [2.45, 2.75) is 31.9 Å². The maximum atomic E-state index is 13.4. The maximum absolute atomic E-state index is 13.4. The number of carbonyl (C=O) groups is 2. The lowest BCUT2D eigenvalue weighted by Gasteiger charge is -2.26. The molecule has 33 heavy (non-hydrogen) atoms. The van der Waals surface area contributed by atoms with Crippen molar-refractivity contribution in [3.8, 4) is 5.75 Å². The van der Waals surface area contributed by atoms with Crippen LogP contribution in [0.5, 0.6) is 5.75 Å². The van der Waals surface area contributed by atoms with Gasteiger partial charge in [-0.25, -0.2) is 9.78 Å². The molecule has 1 amide bonds. The monoisotopic (exact) mass is 467 g/mol. The van der Waals surface area contributed by atoms with E-state index in [1.54, 1.807) is 4.90 Å². The summed E-state index contributed by atoms with van der Waals surface area (Å²) in [4.78, 5) is 32.4. The highest BCUT2D eigenvalue weighted by Gasteiger charge is 2.35. The average molecular weight is 467 g/mol. The number of carbonyl (C=O) groups excluding carboxylic acids is 1. The third kappa shape index (κ3) is 6.24. The lowest BCUT2D eigenvalue weighted by atomic mass is 10.1. The molecule has 1 aromatic heterocycles. The Morgan fingerprint density at radius 3 is 2.76 bits per heavy atom. The molecule has 1 aromatic carbocycles. The maximum Gasteiger partial charge on any atom is 0.421 e. The summed E-state index contributed by atoms with van der Waals surface area (Å²) >= 11 is 0. The van der Waals surface area contributed by atoms with E-state index in [4.69, 9.17) is 9.84 Å². The third-order valence-electron chi connectivity index (χ3n) is 5.11. The molecule has 1 aliphatic heterocycles. The van der Waals surface area contributed by atoms with Crippen LogP contribution in [-0.4, -0.2) is 58.6 Å². The second-order valence-electron chi connectivity index (χ2n) is 7.42. The van der Waals surface area contributed by atoms with Gasteiger partial charge < -0.3 is 25.4 Å². The van der Waals surface area contributed by atoms with E-state index in [0.717, 1.165) is 12.8 Å². The van der Waals surface area contributed by atoms with Gasteiger partial charge in [-0.2, -0.15) is 18.2 Å². The zero-order valence-electron chi connectivity index (χ0n) is 17.9. The van der Waals surface area contributed by atoms with E-state index in [1.165, 1.54) is 25.3 Å². The summed E-state index contributed by atoms with van der Waals surface area (Å²) in [7, 11) is 1.33. The number of carboxylic acid groups (broad SMARTS) is 1. The average Bonchev–Trinajstić information content (AvgIpc) is 2.77. The fourth-order valence-corrected chi connectivity index (χ4v) is 3.41. The molecular weight excluding hydrogens is 443 g/mol. The van der Waals surface area contributed by atoms with E-state index in [2.05, 4.69) is 20.6 Å². The number of halogens is 3. The van der Waals surface area contributed by atoms with Crippen LogP contribution in [0.15, 0.2) is 24.4 Å². The number of nitrogens with zero attached hydrogens (tertiary/aromatic N) is 3. The minimum absolute atomic E-state index is 0.0136. The summed E-state index contributed by atoms with van der Waals surface area (Å²) in [5.41, 5.74) is -0.743. The molecule has 1 aliphatic rings. The first-order valence-electron chi connectivity index (χ1n) is 10.3. The number of carboxylic acids is 1. The number of aromatic nitrogens is 2. The molecule has 1 fully saturated rings. The number of methoxy groups -OCH3 is 1. The van der Waals surface area contributed by atoms with Crippen LogP contribution in [0.4, 0.5) is 30.6 Å². The molecule has 1 saturated heterocycles. The summed E-state index contributed by atoms with van der Waals surface area (Å²) in [6.07, 6.45) is -1.24. The number of benzene rings is 1. The summed E-state index contributed by atoms with van der Waals surface area (Å²) in [5.74, 6) is -1.44. The van der Waals surface area contributed by atoms with E-state index in [1.807, 2.05) is 0 Å². The van der Waals surface area contributed by atoms with Gasteiger partial charge in [0.05, 0.1) is 18.4 Å². The number of ether oxygens (including phenoxy) is 1. The summed E-state index contributed by atoms with van der Waals surface area (Å²) in [5, 5.41) is 14.5. The first kappa shape index (κ1) is 24.1. The quantitative estimate of drug-likeness (QED) is 0.478. The molecule has 3 N–H and O–H groups in total. The summed E-state index contributed by atoms with van der Waals surface area (Å²) in [6, 6.07) is 4.00. The van der Waals surface area contributed by atoms with Gasteiger partial charge in [0.1, 0.15) is 17.1 Å². The molecule has 2 heterocycles. The molecular formula is C21H24F3N5O4. The van der Waals surface area contributed by atoms with E-state index in [-0.39, 0.29) is 35.4 Å². The van der Waals surface area contributed by atoms with Crippen LogP contribution in [0.2, 0.25) is 0 Å². The van der Waals surface area contributed by atoms with Crippen molar-refractivity contribution in [1.29, 1.82) is 0 Å². The Balaban J connectivity index is 1.73. The first-order valence-corrected chi connectivity index (χ1v) is 10.3. The molecule has 178 valence electrons. The number of amides is 1. The molecule has 0 spiro atoms. The van der Waals surface area contributed by atoms with Gasteiger partial charge in [0.15, 0.2) is 0 Å². The zero-order valence-corrected chi connectivity index (χ0v) is 17.9. The normalized spacial score (nSPS) is 14.2. The number of likely N-dealkylation sites (tertiary alicyclic amines) is 1. The Morgan fingerprint density at radius 2 is 2.09 bits per heavy atom. The lowest BCUT2D eigenvalue weighted by Crippen LogP contribution is -2.36. The molecule has 2 aromatic rings. The Hall–Kier alpha value is -3.57. The van der Waals surface area contributed by atoms with Crippen molar-refractivity contribution in [1.82, 2.24) is 14.9 Å². The van der Waals surface area contributed by atoms with Crippen LogP contribution in [0.25, 0.3) is 0 Å². The van der Waals surface area contributed by atoms with Crippen LogP contribution in [-0.2, 0) is 11.0 Å². The molecule has 12 heteroatoms. The Kier molecular flexibility index (Phi) is 7.56. The molecule has 0 aliphatic carbocycles. The molecule has 0 unspecified atom stereocenters. The van der Waals surface area contributed by atoms with Crippen LogP contribution in [0.3, 0.4) is 0 Å². The first-order chi connectivity index (χ1) is 15.7. The van der Waals surface area contributed by atoms with Gasteiger partial charge in [0.2, 0.25) is 11.9 Å². The fourth-order valence-electron chi connectivity index (χ4n) is 3.41. The topological polar surface area (TPSA) is 117 Å². The number of hydrogen-bond acceptors (Lipinski definition) is 7. The summed E-state index contributed by atoms with van der Waals surface area (Å²) in [6.45, 7) is 1.30. The number of hydrogen-bond donors (Lipinski definition) is 3.